The minimum atomic E-state index is -0.219. The number of rotatable bonds is 5. The highest BCUT2D eigenvalue weighted by atomic mass is 32.1. The number of anilines is 2. The third-order valence-corrected chi connectivity index (χ3v) is 7.29. The summed E-state index contributed by atoms with van der Waals surface area (Å²) in [5.74, 6) is 1.22. The van der Waals surface area contributed by atoms with Crippen LogP contribution in [0.1, 0.15) is 55.2 Å². The third-order valence-electron chi connectivity index (χ3n) is 6.39. The summed E-state index contributed by atoms with van der Waals surface area (Å²) in [4.78, 5) is 26.8. The molecule has 0 aliphatic carbocycles. The van der Waals surface area contributed by atoms with Gasteiger partial charge in [0.15, 0.2) is 10.9 Å². The van der Waals surface area contributed by atoms with Crippen LogP contribution in [0.2, 0.25) is 0 Å². The molecule has 9 heteroatoms. The molecule has 0 saturated carbocycles. The molecular formula is C23H30N6O2S. The number of carbonyl (C=O) groups excluding carboxylic acids is 1. The number of thiazole rings is 1. The first kappa shape index (κ1) is 21.2. The number of fused-ring (bicyclic) bond motifs is 1. The van der Waals surface area contributed by atoms with Crippen LogP contribution in [0.4, 0.5) is 10.9 Å². The zero-order valence-electron chi connectivity index (χ0n) is 18.6. The van der Waals surface area contributed by atoms with E-state index < -0.39 is 0 Å². The molecule has 1 atom stereocenters. The summed E-state index contributed by atoms with van der Waals surface area (Å²) in [6.45, 7) is 7.47. The lowest BCUT2D eigenvalue weighted by atomic mass is 10.1. The largest absolute Gasteiger partial charge is 0.393 e. The summed E-state index contributed by atoms with van der Waals surface area (Å²) in [5.41, 5.74) is 2.64. The van der Waals surface area contributed by atoms with Crippen LogP contribution in [0.15, 0.2) is 29.9 Å². The first-order valence-corrected chi connectivity index (χ1v) is 12.3. The number of aliphatic hydroxyl groups excluding tert-OH is 1. The number of amides is 1. The van der Waals surface area contributed by atoms with Crippen LogP contribution in [-0.4, -0.2) is 63.7 Å². The van der Waals surface area contributed by atoms with Crippen molar-refractivity contribution in [1.29, 1.82) is 0 Å². The molecule has 0 bridgehead atoms. The van der Waals surface area contributed by atoms with Crippen molar-refractivity contribution in [2.75, 3.05) is 36.0 Å². The SMILES string of the molecule is CC(C)c1cn2cccc2c(N2CCC(NC(=O)c3csc(N4CCC(O)CC4)n3)C2)n1. The van der Waals surface area contributed by atoms with E-state index in [4.69, 9.17) is 4.98 Å². The summed E-state index contributed by atoms with van der Waals surface area (Å²) >= 11 is 1.50. The van der Waals surface area contributed by atoms with E-state index in [2.05, 4.69) is 56.8 Å². The minimum Gasteiger partial charge on any atom is -0.393 e. The zero-order chi connectivity index (χ0) is 22.2. The van der Waals surface area contributed by atoms with Crippen LogP contribution in [0, 0.1) is 0 Å². The molecule has 2 aliphatic rings. The van der Waals surface area contributed by atoms with E-state index in [1.54, 1.807) is 0 Å². The highest BCUT2D eigenvalue weighted by Gasteiger charge is 2.28. The Labute approximate surface area is 191 Å². The summed E-state index contributed by atoms with van der Waals surface area (Å²) in [6.07, 6.45) is 6.32. The Kier molecular flexibility index (Phi) is 5.77. The van der Waals surface area contributed by atoms with E-state index in [1.165, 1.54) is 11.3 Å². The second-order valence-corrected chi connectivity index (χ2v) is 9.92. The molecule has 3 aromatic rings. The lowest BCUT2D eigenvalue weighted by Crippen LogP contribution is -2.38. The Bertz CT molecular complexity index is 1100. The van der Waals surface area contributed by atoms with Gasteiger partial charge < -0.3 is 24.6 Å². The fraction of sp³-hybridized carbons (Fsp3) is 0.522. The molecule has 1 amide bonds. The summed E-state index contributed by atoms with van der Waals surface area (Å²) in [6, 6.07) is 4.20. The van der Waals surface area contributed by atoms with E-state index in [-0.39, 0.29) is 18.1 Å². The average Bonchev–Trinajstić information content (AvgIpc) is 3.54. The highest BCUT2D eigenvalue weighted by molar-refractivity contribution is 7.13. The van der Waals surface area contributed by atoms with Gasteiger partial charge in [-0.05, 0) is 37.3 Å². The minimum absolute atomic E-state index is 0.0669. The van der Waals surface area contributed by atoms with Gasteiger partial charge in [-0.15, -0.1) is 11.3 Å². The van der Waals surface area contributed by atoms with Crippen molar-refractivity contribution in [2.24, 2.45) is 0 Å². The van der Waals surface area contributed by atoms with Gasteiger partial charge in [-0.2, -0.15) is 0 Å². The topological polar surface area (TPSA) is 86.0 Å². The van der Waals surface area contributed by atoms with E-state index in [0.29, 0.717) is 11.6 Å². The molecule has 170 valence electrons. The van der Waals surface area contributed by atoms with Gasteiger partial charge in [0.2, 0.25) is 0 Å². The van der Waals surface area contributed by atoms with Gasteiger partial charge in [-0.3, -0.25) is 4.79 Å². The lowest BCUT2D eigenvalue weighted by Gasteiger charge is -2.29. The molecule has 5 heterocycles. The standard InChI is InChI=1S/C23H30N6O2S/c1-15(2)18-13-28-8-3-4-20(28)21(25-18)29-9-5-16(12-29)24-22(31)19-14-32-23(26-19)27-10-6-17(30)7-11-27/h3-4,8,13-17,30H,5-7,9-12H2,1-2H3,(H,24,31). The van der Waals surface area contributed by atoms with E-state index >= 15 is 0 Å². The lowest BCUT2D eigenvalue weighted by molar-refractivity contribution is 0.0936. The third kappa shape index (κ3) is 4.19. The molecule has 2 N–H and O–H groups in total. The highest BCUT2D eigenvalue weighted by Crippen LogP contribution is 2.27. The molecule has 32 heavy (non-hydrogen) atoms. The van der Waals surface area contributed by atoms with Crippen molar-refractivity contribution < 1.29 is 9.90 Å². The molecule has 8 nitrogen and oxygen atoms in total. The summed E-state index contributed by atoms with van der Waals surface area (Å²) < 4.78 is 2.14. The van der Waals surface area contributed by atoms with Gasteiger partial charge in [0.25, 0.3) is 5.91 Å². The Hall–Kier alpha value is -2.65. The Balaban J connectivity index is 1.25. The molecule has 1 unspecified atom stereocenters. The molecule has 0 spiro atoms. The van der Waals surface area contributed by atoms with Gasteiger partial charge in [0.1, 0.15) is 5.69 Å². The van der Waals surface area contributed by atoms with Crippen molar-refractivity contribution in [2.45, 2.75) is 51.2 Å². The number of hydrogen-bond donors (Lipinski definition) is 2. The zero-order valence-corrected chi connectivity index (χ0v) is 19.4. The number of carbonyl (C=O) groups is 1. The average molecular weight is 455 g/mol. The Morgan fingerprint density at radius 2 is 1.97 bits per heavy atom. The van der Waals surface area contributed by atoms with Crippen LogP contribution in [0.3, 0.4) is 0 Å². The molecule has 0 aromatic carbocycles. The maximum absolute atomic E-state index is 12.8. The van der Waals surface area contributed by atoms with Crippen LogP contribution in [0.5, 0.6) is 0 Å². The molecule has 2 saturated heterocycles. The smallest absolute Gasteiger partial charge is 0.271 e. The number of nitrogens with zero attached hydrogens (tertiary/aromatic N) is 5. The predicted octanol–water partition coefficient (Wildman–Crippen LogP) is 2.88. The van der Waals surface area contributed by atoms with Gasteiger partial charge in [-0.1, -0.05) is 13.8 Å². The predicted molar refractivity (Wildman–Crippen MR) is 127 cm³/mol. The molecule has 0 radical (unpaired) electrons. The second kappa shape index (κ2) is 8.71. The molecule has 2 aliphatic heterocycles. The fourth-order valence-electron chi connectivity index (χ4n) is 4.46. The molecular weight excluding hydrogens is 424 g/mol. The van der Waals surface area contributed by atoms with Gasteiger partial charge in [0, 0.05) is 50.0 Å². The first-order chi connectivity index (χ1) is 15.5. The Morgan fingerprint density at radius 1 is 1.19 bits per heavy atom. The number of hydrogen-bond acceptors (Lipinski definition) is 7. The van der Waals surface area contributed by atoms with Gasteiger partial charge >= 0.3 is 0 Å². The number of piperidine rings is 1. The maximum Gasteiger partial charge on any atom is 0.271 e. The fourth-order valence-corrected chi connectivity index (χ4v) is 5.32. The maximum atomic E-state index is 12.8. The summed E-state index contributed by atoms with van der Waals surface area (Å²) in [7, 11) is 0. The van der Waals surface area contributed by atoms with Crippen LogP contribution in [-0.2, 0) is 0 Å². The van der Waals surface area contributed by atoms with Crippen LogP contribution in [0.25, 0.3) is 5.52 Å². The molecule has 5 rings (SSSR count). The molecule has 3 aromatic heterocycles. The van der Waals surface area contributed by atoms with E-state index in [9.17, 15) is 9.90 Å². The van der Waals surface area contributed by atoms with Crippen molar-refractivity contribution >= 4 is 33.7 Å². The first-order valence-electron chi connectivity index (χ1n) is 11.4. The monoisotopic (exact) mass is 454 g/mol. The summed E-state index contributed by atoms with van der Waals surface area (Å²) in [5, 5.41) is 15.6. The quantitative estimate of drug-likeness (QED) is 0.617. The van der Waals surface area contributed by atoms with E-state index in [1.807, 2.05) is 11.4 Å². The number of aromatic nitrogens is 3. The van der Waals surface area contributed by atoms with Crippen LogP contribution < -0.4 is 15.1 Å². The normalized spacial score (nSPS) is 19.9. The Morgan fingerprint density at radius 3 is 2.75 bits per heavy atom. The van der Waals surface area contributed by atoms with Crippen molar-refractivity contribution in [3.63, 3.8) is 0 Å². The van der Waals surface area contributed by atoms with Crippen molar-refractivity contribution in [1.82, 2.24) is 19.7 Å². The van der Waals surface area contributed by atoms with Crippen LogP contribution >= 0.6 is 11.3 Å². The molecule has 2 fully saturated rings. The van der Waals surface area contributed by atoms with Gasteiger partial charge in [-0.25, -0.2) is 9.97 Å². The number of aliphatic hydroxyl groups is 1. The second-order valence-electron chi connectivity index (χ2n) is 9.08. The van der Waals surface area contributed by atoms with Gasteiger partial charge in [0.05, 0.1) is 17.3 Å². The van der Waals surface area contributed by atoms with Crippen molar-refractivity contribution in [3.8, 4) is 0 Å². The number of nitrogens with one attached hydrogen (secondary N) is 1. The van der Waals surface area contributed by atoms with E-state index in [0.717, 1.165) is 67.6 Å². The van der Waals surface area contributed by atoms with Crippen molar-refractivity contribution in [3.05, 3.63) is 41.3 Å².